The van der Waals surface area contributed by atoms with Crippen LogP contribution >= 0.6 is 7.26 Å². The molecule has 1 fully saturated rings. The quantitative estimate of drug-likeness (QED) is 0.201. The van der Waals surface area contributed by atoms with E-state index in [1.165, 1.54) is 40.9 Å². The third-order valence-electron chi connectivity index (χ3n) is 7.57. The summed E-state index contributed by atoms with van der Waals surface area (Å²) in [5.74, 6) is 0.0624. The molecule has 4 aromatic rings. The van der Waals surface area contributed by atoms with Crippen molar-refractivity contribution in [3.05, 3.63) is 114 Å². The maximum atomic E-state index is 11.3. The van der Waals surface area contributed by atoms with E-state index in [4.69, 9.17) is 0 Å². The highest BCUT2D eigenvalue weighted by atomic mass is 32.2. The van der Waals surface area contributed by atoms with Crippen LogP contribution in [0.2, 0.25) is 0 Å². The summed E-state index contributed by atoms with van der Waals surface area (Å²) in [5, 5.41) is 14.9. The van der Waals surface area contributed by atoms with Crippen molar-refractivity contribution in [2.24, 2.45) is 0 Å². The Morgan fingerprint density at radius 1 is 0.659 bits per heavy atom. The second-order valence-electron chi connectivity index (χ2n) is 12.8. The van der Waals surface area contributed by atoms with Gasteiger partial charge in [-0.1, -0.05) is 96.1 Å². The number of phenols is 1. The highest BCUT2D eigenvalue weighted by molar-refractivity contribution is 7.96. The van der Waals surface area contributed by atoms with Crippen molar-refractivity contribution in [2.45, 2.75) is 75.8 Å². The Morgan fingerprint density at radius 2 is 0.976 bits per heavy atom. The second kappa shape index (κ2) is 11.7. The van der Waals surface area contributed by atoms with Gasteiger partial charge in [0, 0.05) is 11.1 Å². The molecular weight excluding hydrogens is 547 g/mol. The maximum Gasteiger partial charge on any atom is 0.124 e. The fourth-order valence-electron chi connectivity index (χ4n) is 5.43. The van der Waals surface area contributed by atoms with E-state index in [1.807, 2.05) is 41.5 Å². The van der Waals surface area contributed by atoms with Crippen LogP contribution in [0.15, 0.2) is 108 Å². The monoisotopic (exact) mass is 588 g/mol. The van der Waals surface area contributed by atoms with E-state index in [0.29, 0.717) is 11.1 Å². The number of hydrogen-bond donors (Lipinski definition) is 1. The molecule has 0 amide bonds. The van der Waals surface area contributed by atoms with Gasteiger partial charge in [0.2, 0.25) is 0 Å². The molecule has 1 saturated carbocycles. The van der Waals surface area contributed by atoms with Gasteiger partial charge in [0.05, 0.1) is 10.6 Å². The summed E-state index contributed by atoms with van der Waals surface area (Å²) in [6, 6.07) is 36.1. The standard InChI is InChI=1S/C21H20P.C14H22O4S/c1-4-10-18(11-5-1)22(21-16-17-21,19-12-6-2-7-13-19)20-14-8-3-9-15-20;1-13(2,3)10-7-9(19(16,17)18)8-11(12(10)15)14(4,5)6/h1-15,21H,16-17H2;7-8,15H,1-6H3,(H,16,17,18)/q+1;/p-1. The van der Waals surface area contributed by atoms with Crippen LogP contribution < -0.4 is 15.9 Å². The Balaban J connectivity index is 0.000000192. The van der Waals surface area contributed by atoms with Gasteiger partial charge in [-0.3, -0.25) is 0 Å². The number of benzene rings is 4. The van der Waals surface area contributed by atoms with Gasteiger partial charge in [0.15, 0.2) is 0 Å². The summed E-state index contributed by atoms with van der Waals surface area (Å²) in [5.41, 5.74) is 0.832. The van der Waals surface area contributed by atoms with Crippen LogP contribution in [-0.4, -0.2) is 23.7 Å². The van der Waals surface area contributed by atoms with Gasteiger partial charge in [-0.15, -0.1) is 0 Å². The van der Waals surface area contributed by atoms with Crippen LogP contribution in [0.5, 0.6) is 5.75 Å². The zero-order valence-electron chi connectivity index (χ0n) is 24.8. The van der Waals surface area contributed by atoms with Gasteiger partial charge in [-0.2, -0.15) is 0 Å². The van der Waals surface area contributed by atoms with Crippen LogP contribution in [0.25, 0.3) is 0 Å². The van der Waals surface area contributed by atoms with Crippen LogP contribution in [0, 0.1) is 0 Å². The fourth-order valence-corrected chi connectivity index (χ4v) is 11.0. The molecule has 0 unspecified atom stereocenters. The van der Waals surface area contributed by atoms with Gasteiger partial charge in [0.25, 0.3) is 0 Å². The van der Waals surface area contributed by atoms with Crippen molar-refractivity contribution in [3.63, 3.8) is 0 Å². The lowest BCUT2D eigenvalue weighted by Crippen LogP contribution is -2.34. The van der Waals surface area contributed by atoms with E-state index in [0.717, 1.165) is 5.66 Å². The number of aromatic hydroxyl groups is 1. The molecule has 0 aliphatic heterocycles. The minimum absolute atomic E-state index is 0.0624. The molecule has 216 valence electrons. The molecule has 4 nitrogen and oxygen atoms in total. The van der Waals surface area contributed by atoms with Crippen molar-refractivity contribution >= 4 is 33.3 Å². The minimum Gasteiger partial charge on any atom is -0.744 e. The van der Waals surface area contributed by atoms with E-state index in [-0.39, 0.29) is 10.6 Å². The number of hydrogen-bond acceptors (Lipinski definition) is 4. The highest BCUT2D eigenvalue weighted by Gasteiger charge is 2.57. The molecule has 41 heavy (non-hydrogen) atoms. The molecule has 5 rings (SSSR count). The molecule has 0 spiro atoms. The van der Waals surface area contributed by atoms with Crippen molar-refractivity contribution in [1.29, 1.82) is 0 Å². The summed E-state index contributed by atoms with van der Waals surface area (Å²) in [6.07, 6.45) is 2.71. The Kier molecular flexibility index (Phi) is 8.85. The normalized spacial score (nSPS) is 14.2. The van der Waals surface area contributed by atoms with Gasteiger partial charge in [-0.05, 0) is 72.2 Å². The molecule has 6 heteroatoms. The average molecular weight is 589 g/mol. The van der Waals surface area contributed by atoms with Crippen LogP contribution in [0.1, 0.15) is 65.5 Å². The molecule has 4 aromatic carbocycles. The molecule has 0 aromatic heterocycles. The molecule has 1 N–H and O–H groups in total. The fraction of sp³-hybridized carbons (Fsp3) is 0.314. The lowest BCUT2D eigenvalue weighted by Gasteiger charge is -2.28. The maximum absolute atomic E-state index is 11.3. The predicted octanol–water partition coefficient (Wildman–Crippen LogP) is 7.03. The first-order chi connectivity index (χ1) is 19.2. The lowest BCUT2D eigenvalue weighted by atomic mass is 9.79. The van der Waals surface area contributed by atoms with Gasteiger partial charge in [-0.25, -0.2) is 8.42 Å². The lowest BCUT2D eigenvalue weighted by molar-refractivity contribution is 0.420. The van der Waals surface area contributed by atoms with Crippen molar-refractivity contribution in [1.82, 2.24) is 0 Å². The van der Waals surface area contributed by atoms with Gasteiger partial charge < -0.3 is 9.66 Å². The SMILES string of the molecule is CC(C)(C)c1cc(S(=O)(=O)[O-])cc(C(C)(C)C)c1O.c1ccc([P+](c2ccccc2)(c2ccccc2)C2CC2)cc1. The topological polar surface area (TPSA) is 77.4 Å². The van der Waals surface area contributed by atoms with E-state index >= 15 is 0 Å². The summed E-state index contributed by atoms with van der Waals surface area (Å²) in [6.45, 7) is 11.1. The van der Waals surface area contributed by atoms with Crippen LogP contribution in [-0.2, 0) is 20.9 Å². The highest BCUT2D eigenvalue weighted by Crippen LogP contribution is 2.67. The van der Waals surface area contributed by atoms with Crippen molar-refractivity contribution < 1.29 is 18.1 Å². The Labute approximate surface area is 246 Å². The Hall–Kier alpha value is -2.98. The summed E-state index contributed by atoms with van der Waals surface area (Å²) in [4.78, 5) is -0.292. The van der Waals surface area contributed by atoms with Gasteiger partial charge >= 0.3 is 0 Å². The second-order valence-corrected chi connectivity index (χ2v) is 17.9. The third kappa shape index (κ3) is 6.75. The summed E-state index contributed by atoms with van der Waals surface area (Å²) in [7, 11) is -6.06. The zero-order chi connectivity index (χ0) is 30.1. The Bertz CT molecular complexity index is 1430. The van der Waals surface area contributed by atoms with E-state index in [1.54, 1.807) is 0 Å². The molecule has 1 aliphatic carbocycles. The smallest absolute Gasteiger partial charge is 0.124 e. The summed E-state index contributed by atoms with van der Waals surface area (Å²) < 4.78 is 33.8. The first-order valence-corrected chi connectivity index (χ1v) is 17.3. The molecular formula is C35H41O4PS. The Morgan fingerprint density at radius 3 is 1.22 bits per heavy atom. The average Bonchev–Trinajstić information content (AvgIpc) is 3.75. The largest absolute Gasteiger partial charge is 0.744 e. The number of phenolic OH excluding ortho intramolecular Hbond substituents is 1. The van der Waals surface area contributed by atoms with E-state index < -0.39 is 28.2 Å². The van der Waals surface area contributed by atoms with Crippen molar-refractivity contribution in [2.75, 3.05) is 0 Å². The minimum atomic E-state index is -4.55. The van der Waals surface area contributed by atoms with Crippen LogP contribution in [0.4, 0.5) is 0 Å². The molecule has 0 bridgehead atoms. The van der Waals surface area contributed by atoms with E-state index in [2.05, 4.69) is 91.0 Å². The zero-order valence-corrected chi connectivity index (χ0v) is 26.5. The first-order valence-electron chi connectivity index (χ1n) is 14.1. The molecule has 0 saturated heterocycles. The van der Waals surface area contributed by atoms with E-state index in [9.17, 15) is 18.1 Å². The molecule has 0 atom stereocenters. The van der Waals surface area contributed by atoms with Crippen molar-refractivity contribution in [3.8, 4) is 5.75 Å². The predicted molar refractivity (Wildman–Crippen MR) is 172 cm³/mol. The van der Waals surface area contributed by atoms with Gasteiger partial charge in [0.1, 0.15) is 39.0 Å². The molecule has 1 aliphatic rings. The molecule has 0 heterocycles. The third-order valence-corrected chi connectivity index (χ3v) is 13.3. The summed E-state index contributed by atoms with van der Waals surface area (Å²) >= 11 is 0. The molecule has 0 radical (unpaired) electrons. The number of rotatable bonds is 5. The van der Waals surface area contributed by atoms with Crippen LogP contribution in [0.3, 0.4) is 0 Å². The first kappa shape index (κ1) is 31.0.